The molecule has 0 aromatic heterocycles. The van der Waals surface area contributed by atoms with E-state index in [1.54, 1.807) is 18.3 Å². The van der Waals surface area contributed by atoms with Crippen LogP contribution >= 0.6 is 0 Å². The van der Waals surface area contributed by atoms with Gasteiger partial charge in [-0.15, -0.1) is 0 Å². The lowest BCUT2D eigenvalue weighted by atomic mass is 10.2. The topological polar surface area (TPSA) is 33.6 Å². The second kappa shape index (κ2) is 5.82. The van der Waals surface area contributed by atoms with Gasteiger partial charge in [-0.05, 0) is 35.9 Å². The van der Waals surface area contributed by atoms with Gasteiger partial charge in [0.2, 0.25) is 0 Å². The molecule has 0 fully saturated rings. The normalized spacial score (nSPS) is 10.6. The Morgan fingerprint density at radius 2 is 1.94 bits per heavy atom. The number of methoxy groups -OCH3 is 1. The predicted molar refractivity (Wildman–Crippen MR) is 70.6 cm³/mol. The van der Waals surface area contributed by atoms with Crippen LogP contribution in [0.4, 0.5) is 10.1 Å². The molecule has 2 aromatic carbocycles. The summed E-state index contributed by atoms with van der Waals surface area (Å²) in [5.41, 5.74) is 4.40. The minimum atomic E-state index is -0.402. The number of nitrogens with one attached hydrogen (secondary N) is 1. The molecule has 18 heavy (non-hydrogen) atoms. The van der Waals surface area contributed by atoms with Crippen molar-refractivity contribution in [1.82, 2.24) is 0 Å². The van der Waals surface area contributed by atoms with E-state index in [2.05, 4.69) is 10.5 Å². The van der Waals surface area contributed by atoms with E-state index >= 15 is 0 Å². The lowest BCUT2D eigenvalue weighted by Gasteiger charge is -2.02. The van der Waals surface area contributed by atoms with Crippen LogP contribution in [-0.4, -0.2) is 13.3 Å². The third-order valence-electron chi connectivity index (χ3n) is 2.36. The van der Waals surface area contributed by atoms with Gasteiger partial charge in [0.1, 0.15) is 0 Å². The van der Waals surface area contributed by atoms with Crippen molar-refractivity contribution in [2.45, 2.75) is 0 Å². The van der Waals surface area contributed by atoms with Crippen LogP contribution in [0.1, 0.15) is 5.56 Å². The Bertz CT molecular complexity index is 541. The average molecular weight is 244 g/mol. The fourth-order valence-electron chi connectivity index (χ4n) is 1.46. The summed E-state index contributed by atoms with van der Waals surface area (Å²) in [5.74, 6) is -0.177. The molecule has 0 aliphatic heterocycles. The van der Waals surface area contributed by atoms with Crippen LogP contribution in [0.5, 0.6) is 5.75 Å². The molecule has 92 valence electrons. The van der Waals surface area contributed by atoms with E-state index in [1.807, 2.05) is 30.3 Å². The summed E-state index contributed by atoms with van der Waals surface area (Å²) in [5, 5.41) is 4.03. The molecule has 0 unspecified atom stereocenters. The fraction of sp³-hybridized carbons (Fsp3) is 0.0714. The van der Waals surface area contributed by atoms with Crippen molar-refractivity contribution in [2.75, 3.05) is 12.5 Å². The van der Waals surface area contributed by atoms with Crippen molar-refractivity contribution in [3.05, 3.63) is 59.9 Å². The van der Waals surface area contributed by atoms with Gasteiger partial charge in [-0.1, -0.05) is 18.2 Å². The van der Waals surface area contributed by atoms with Crippen molar-refractivity contribution >= 4 is 11.9 Å². The third kappa shape index (κ3) is 3.07. The first-order valence-corrected chi connectivity index (χ1v) is 5.47. The molecule has 0 radical (unpaired) electrons. The zero-order chi connectivity index (χ0) is 12.8. The summed E-state index contributed by atoms with van der Waals surface area (Å²) in [4.78, 5) is 0. The number of hydrazone groups is 1. The van der Waals surface area contributed by atoms with Crippen LogP contribution in [0.2, 0.25) is 0 Å². The fourth-order valence-corrected chi connectivity index (χ4v) is 1.46. The summed E-state index contributed by atoms with van der Waals surface area (Å²) in [7, 11) is 1.43. The van der Waals surface area contributed by atoms with Crippen LogP contribution in [0.3, 0.4) is 0 Å². The van der Waals surface area contributed by atoms with Crippen molar-refractivity contribution in [3.8, 4) is 5.75 Å². The minimum absolute atomic E-state index is 0.225. The molecule has 0 atom stereocenters. The molecule has 0 bridgehead atoms. The van der Waals surface area contributed by atoms with Crippen LogP contribution in [-0.2, 0) is 0 Å². The largest absolute Gasteiger partial charge is 0.494 e. The van der Waals surface area contributed by atoms with Crippen LogP contribution in [0.25, 0.3) is 0 Å². The van der Waals surface area contributed by atoms with Crippen LogP contribution in [0, 0.1) is 5.82 Å². The maximum absolute atomic E-state index is 13.4. The van der Waals surface area contributed by atoms with Gasteiger partial charge in [-0.3, -0.25) is 5.43 Å². The summed E-state index contributed by atoms with van der Waals surface area (Å²) < 4.78 is 18.2. The third-order valence-corrected chi connectivity index (χ3v) is 2.36. The molecule has 0 saturated heterocycles. The van der Waals surface area contributed by atoms with Crippen LogP contribution in [0.15, 0.2) is 53.6 Å². The van der Waals surface area contributed by atoms with Gasteiger partial charge < -0.3 is 4.74 Å². The number of anilines is 1. The summed E-state index contributed by atoms with van der Waals surface area (Å²) in [6, 6.07) is 14.2. The molecule has 0 aliphatic rings. The molecule has 1 N–H and O–H groups in total. The Balaban J connectivity index is 2.03. The number of hydrogen-bond donors (Lipinski definition) is 1. The maximum Gasteiger partial charge on any atom is 0.165 e. The molecule has 3 nitrogen and oxygen atoms in total. The highest BCUT2D eigenvalue weighted by Gasteiger charge is 2.01. The molecular weight excluding hydrogens is 231 g/mol. The van der Waals surface area contributed by atoms with Crippen molar-refractivity contribution in [3.63, 3.8) is 0 Å². The van der Waals surface area contributed by atoms with E-state index in [1.165, 1.54) is 13.2 Å². The van der Waals surface area contributed by atoms with E-state index in [0.29, 0.717) is 5.56 Å². The smallest absolute Gasteiger partial charge is 0.165 e. The number of hydrogen-bond acceptors (Lipinski definition) is 3. The molecule has 2 rings (SSSR count). The molecule has 0 heterocycles. The predicted octanol–water partition coefficient (Wildman–Crippen LogP) is 3.28. The summed E-state index contributed by atoms with van der Waals surface area (Å²) in [6.45, 7) is 0. The Labute approximate surface area is 105 Å². The highest BCUT2D eigenvalue weighted by atomic mass is 19.1. The lowest BCUT2D eigenvalue weighted by molar-refractivity contribution is 0.386. The van der Waals surface area contributed by atoms with Crippen LogP contribution < -0.4 is 10.2 Å². The van der Waals surface area contributed by atoms with E-state index in [9.17, 15) is 4.39 Å². The van der Waals surface area contributed by atoms with E-state index < -0.39 is 5.82 Å². The highest BCUT2D eigenvalue weighted by molar-refractivity contribution is 5.80. The summed E-state index contributed by atoms with van der Waals surface area (Å²) >= 11 is 0. The first-order valence-electron chi connectivity index (χ1n) is 5.47. The highest BCUT2D eigenvalue weighted by Crippen LogP contribution is 2.16. The summed E-state index contributed by atoms with van der Waals surface area (Å²) in [6.07, 6.45) is 1.55. The lowest BCUT2D eigenvalue weighted by Crippen LogP contribution is -1.92. The average Bonchev–Trinajstić information content (AvgIpc) is 2.40. The molecule has 4 heteroatoms. The standard InChI is InChI=1S/C14H13FN2O/c1-18-14-8-7-11(9-13(14)15)10-16-17-12-5-3-2-4-6-12/h2-10,17H,1H3. The Morgan fingerprint density at radius 3 is 2.61 bits per heavy atom. The zero-order valence-corrected chi connectivity index (χ0v) is 9.93. The van der Waals surface area contributed by atoms with Gasteiger partial charge in [0.05, 0.1) is 19.0 Å². The molecule has 0 amide bonds. The molecule has 0 saturated carbocycles. The van der Waals surface area contributed by atoms with Crippen molar-refractivity contribution in [2.24, 2.45) is 5.10 Å². The Hall–Kier alpha value is -2.36. The Morgan fingerprint density at radius 1 is 1.17 bits per heavy atom. The number of halogens is 1. The number of ether oxygens (including phenoxy) is 1. The van der Waals surface area contributed by atoms with Gasteiger partial charge in [-0.25, -0.2) is 4.39 Å². The Kier molecular flexibility index (Phi) is 3.91. The van der Waals surface area contributed by atoms with Gasteiger partial charge >= 0.3 is 0 Å². The number of nitrogens with zero attached hydrogens (tertiary/aromatic N) is 1. The van der Waals surface area contributed by atoms with E-state index in [-0.39, 0.29) is 5.75 Å². The monoisotopic (exact) mass is 244 g/mol. The van der Waals surface area contributed by atoms with Gasteiger partial charge in [-0.2, -0.15) is 5.10 Å². The molecule has 0 spiro atoms. The van der Waals surface area contributed by atoms with Crippen molar-refractivity contribution < 1.29 is 9.13 Å². The quantitative estimate of drug-likeness (QED) is 0.661. The first-order chi connectivity index (χ1) is 8.79. The van der Waals surface area contributed by atoms with E-state index in [0.717, 1.165) is 5.69 Å². The molecule has 0 aliphatic carbocycles. The molecular formula is C14H13FN2O. The van der Waals surface area contributed by atoms with Gasteiger partial charge in [0.25, 0.3) is 0 Å². The minimum Gasteiger partial charge on any atom is -0.494 e. The first kappa shape index (κ1) is 12.1. The number of benzene rings is 2. The maximum atomic E-state index is 13.4. The second-order valence-corrected chi connectivity index (χ2v) is 3.63. The second-order valence-electron chi connectivity index (χ2n) is 3.63. The number of para-hydroxylation sites is 1. The van der Waals surface area contributed by atoms with Gasteiger partial charge in [0.15, 0.2) is 11.6 Å². The van der Waals surface area contributed by atoms with E-state index in [4.69, 9.17) is 4.74 Å². The zero-order valence-electron chi connectivity index (χ0n) is 9.93. The van der Waals surface area contributed by atoms with Crippen molar-refractivity contribution in [1.29, 1.82) is 0 Å². The van der Waals surface area contributed by atoms with Gasteiger partial charge in [0, 0.05) is 0 Å². The molecule has 2 aromatic rings. The number of rotatable bonds is 4. The SMILES string of the molecule is COc1ccc(C=NNc2ccccc2)cc1F.